The van der Waals surface area contributed by atoms with Crippen molar-refractivity contribution in [2.75, 3.05) is 46.2 Å². The first-order valence-corrected chi connectivity index (χ1v) is 11.5. The predicted octanol–water partition coefficient (Wildman–Crippen LogP) is 4.43. The van der Waals surface area contributed by atoms with Gasteiger partial charge in [0.15, 0.2) is 4.84 Å². The summed E-state index contributed by atoms with van der Waals surface area (Å²) in [5, 5.41) is -0.880. The Bertz CT molecular complexity index is 591. The number of nitrogens with zero attached hydrogens (tertiary/aromatic N) is 2. The van der Waals surface area contributed by atoms with Crippen LogP contribution < -0.4 is 0 Å². The average molecular weight is 504 g/mol. The second-order valence-corrected chi connectivity index (χ2v) is 8.49. The van der Waals surface area contributed by atoms with Gasteiger partial charge in [-0.1, -0.05) is 70.7 Å². The van der Waals surface area contributed by atoms with Gasteiger partial charge in [-0.25, -0.2) is 0 Å². The summed E-state index contributed by atoms with van der Waals surface area (Å²) >= 11 is 22.9. The minimum absolute atomic E-state index is 0.291. The summed E-state index contributed by atoms with van der Waals surface area (Å²) in [6, 6.07) is 7.96. The third kappa shape index (κ3) is 11.9. The number of hydrogen-bond donors (Lipinski definition) is 0. The number of halogens is 4. The quantitative estimate of drug-likeness (QED) is 0.190. The summed E-state index contributed by atoms with van der Waals surface area (Å²) < 4.78 is 16.1. The number of benzene rings is 1. The fourth-order valence-corrected chi connectivity index (χ4v) is 3.03. The monoisotopic (exact) mass is 502 g/mol. The summed E-state index contributed by atoms with van der Waals surface area (Å²) in [5.41, 5.74) is 2.05. The van der Waals surface area contributed by atoms with E-state index in [1.807, 2.05) is 43.0 Å². The molecular formula is C20H30Cl4N2O4. The molecule has 6 nitrogen and oxygen atoms in total. The molecule has 0 aliphatic carbocycles. The highest BCUT2D eigenvalue weighted by atomic mass is 35.5. The number of hydrogen-bond acceptors (Lipinski definition) is 5. The van der Waals surface area contributed by atoms with Gasteiger partial charge < -0.3 is 19.1 Å². The molecule has 10 heteroatoms. The van der Waals surface area contributed by atoms with Crippen molar-refractivity contribution in [3.8, 4) is 0 Å². The molecule has 0 bridgehead atoms. The molecule has 0 unspecified atom stereocenters. The molecule has 0 atom stereocenters. The molecule has 0 fully saturated rings. The standard InChI is InChI=1S/C20H30Cl4N2O4/c1-3-28-11-9-25(15-30-20(23)24)13-16-5-7-17(8-6-16)14-26(10-12-29-4-2)19(27)18(21)22/h5-8,18,20H,3-4,9-15H2,1-2H3. The van der Waals surface area contributed by atoms with Crippen LogP contribution in [-0.4, -0.2) is 71.8 Å². The van der Waals surface area contributed by atoms with Crippen molar-refractivity contribution < 1.29 is 19.0 Å². The Morgan fingerprint density at radius 3 is 1.93 bits per heavy atom. The SMILES string of the molecule is CCOCCN(COC(Cl)Cl)Cc1ccc(CN(CCOCC)C(=O)C(Cl)Cl)cc1. The van der Waals surface area contributed by atoms with Gasteiger partial charge in [0, 0.05) is 39.4 Å². The summed E-state index contributed by atoms with van der Waals surface area (Å²) in [6.45, 7) is 8.55. The Morgan fingerprint density at radius 1 is 0.900 bits per heavy atom. The molecule has 0 aliphatic heterocycles. The zero-order chi connectivity index (χ0) is 22.4. The minimum atomic E-state index is -1.10. The summed E-state index contributed by atoms with van der Waals surface area (Å²) in [5.74, 6) is -0.335. The van der Waals surface area contributed by atoms with E-state index in [1.54, 1.807) is 4.90 Å². The van der Waals surface area contributed by atoms with Crippen molar-refractivity contribution in [2.24, 2.45) is 0 Å². The normalized spacial score (nSPS) is 11.6. The van der Waals surface area contributed by atoms with Crippen LogP contribution in [0, 0.1) is 0 Å². The average Bonchev–Trinajstić information content (AvgIpc) is 2.72. The second-order valence-electron chi connectivity index (χ2n) is 6.38. The lowest BCUT2D eigenvalue weighted by molar-refractivity contribution is -0.130. The van der Waals surface area contributed by atoms with E-state index in [4.69, 9.17) is 60.6 Å². The molecule has 1 aromatic carbocycles. The van der Waals surface area contributed by atoms with Crippen LogP contribution in [0.2, 0.25) is 0 Å². The molecule has 0 aromatic heterocycles. The smallest absolute Gasteiger partial charge is 0.256 e. The molecule has 0 saturated carbocycles. The van der Waals surface area contributed by atoms with Crippen molar-refractivity contribution in [3.63, 3.8) is 0 Å². The number of carbonyl (C=O) groups is 1. The van der Waals surface area contributed by atoms with E-state index in [1.165, 1.54) is 0 Å². The second kappa shape index (κ2) is 16.3. The first kappa shape index (κ1) is 27.7. The molecule has 0 saturated heterocycles. The zero-order valence-corrected chi connectivity index (χ0v) is 20.4. The van der Waals surface area contributed by atoms with E-state index in [0.29, 0.717) is 59.3 Å². The van der Waals surface area contributed by atoms with Crippen LogP contribution in [0.15, 0.2) is 24.3 Å². The Kier molecular flexibility index (Phi) is 15.1. The fourth-order valence-electron chi connectivity index (χ4n) is 2.64. The molecule has 172 valence electrons. The topological polar surface area (TPSA) is 51.2 Å². The third-order valence-corrected chi connectivity index (χ3v) is 4.78. The van der Waals surface area contributed by atoms with Crippen LogP contribution in [0.5, 0.6) is 0 Å². The highest BCUT2D eigenvalue weighted by Gasteiger charge is 2.20. The van der Waals surface area contributed by atoms with Crippen molar-refractivity contribution in [1.29, 1.82) is 0 Å². The zero-order valence-electron chi connectivity index (χ0n) is 17.4. The predicted molar refractivity (Wildman–Crippen MR) is 122 cm³/mol. The van der Waals surface area contributed by atoms with Gasteiger partial charge >= 0.3 is 0 Å². The summed E-state index contributed by atoms with van der Waals surface area (Å²) in [7, 11) is 0. The minimum Gasteiger partial charge on any atom is -0.380 e. The van der Waals surface area contributed by atoms with Crippen LogP contribution in [0.3, 0.4) is 0 Å². The van der Waals surface area contributed by atoms with E-state index in [9.17, 15) is 4.79 Å². The van der Waals surface area contributed by atoms with Crippen molar-refractivity contribution in [1.82, 2.24) is 9.80 Å². The van der Waals surface area contributed by atoms with E-state index in [2.05, 4.69) is 0 Å². The molecular weight excluding hydrogens is 474 g/mol. The molecule has 0 N–H and O–H groups in total. The number of rotatable bonds is 16. The maximum absolute atomic E-state index is 12.3. The highest BCUT2D eigenvalue weighted by molar-refractivity contribution is 6.53. The molecule has 0 radical (unpaired) electrons. The lowest BCUT2D eigenvalue weighted by Gasteiger charge is -2.24. The molecule has 30 heavy (non-hydrogen) atoms. The van der Waals surface area contributed by atoms with Crippen LogP contribution in [0.25, 0.3) is 0 Å². The van der Waals surface area contributed by atoms with Crippen molar-refractivity contribution in [3.05, 3.63) is 35.4 Å². The van der Waals surface area contributed by atoms with Gasteiger partial charge in [0.05, 0.1) is 13.2 Å². The molecule has 1 rings (SSSR count). The van der Waals surface area contributed by atoms with E-state index < -0.39 is 9.86 Å². The first-order valence-electron chi connectivity index (χ1n) is 9.79. The van der Waals surface area contributed by atoms with Crippen molar-refractivity contribution >= 4 is 52.3 Å². The Morgan fingerprint density at radius 2 is 1.43 bits per heavy atom. The van der Waals surface area contributed by atoms with Gasteiger partial charge in [0.25, 0.3) is 5.91 Å². The molecule has 0 spiro atoms. The fraction of sp³-hybridized carbons (Fsp3) is 0.650. The maximum atomic E-state index is 12.3. The lowest BCUT2D eigenvalue weighted by atomic mass is 10.1. The molecule has 1 aromatic rings. The van der Waals surface area contributed by atoms with E-state index in [-0.39, 0.29) is 5.91 Å². The van der Waals surface area contributed by atoms with Gasteiger partial charge in [-0.2, -0.15) is 0 Å². The van der Waals surface area contributed by atoms with Gasteiger partial charge in [-0.15, -0.1) is 0 Å². The largest absolute Gasteiger partial charge is 0.380 e. The number of ether oxygens (including phenoxy) is 3. The Labute approximate surface area is 199 Å². The Balaban J connectivity index is 2.71. The van der Waals surface area contributed by atoms with Gasteiger partial charge in [-0.05, 0) is 25.0 Å². The van der Waals surface area contributed by atoms with Gasteiger partial charge in [0.1, 0.15) is 6.73 Å². The van der Waals surface area contributed by atoms with Crippen LogP contribution in [-0.2, 0) is 32.1 Å². The number of carbonyl (C=O) groups excluding carboxylic acids is 1. The number of amides is 1. The number of alkyl halides is 4. The van der Waals surface area contributed by atoms with Crippen LogP contribution >= 0.6 is 46.4 Å². The molecule has 1 amide bonds. The van der Waals surface area contributed by atoms with Gasteiger partial charge in [0.2, 0.25) is 5.02 Å². The Hall–Kier alpha value is -0.310. The summed E-state index contributed by atoms with van der Waals surface area (Å²) in [4.78, 5) is 14.8. The first-order chi connectivity index (χ1) is 14.4. The van der Waals surface area contributed by atoms with E-state index in [0.717, 1.165) is 11.1 Å². The maximum Gasteiger partial charge on any atom is 0.256 e. The van der Waals surface area contributed by atoms with Crippen LogP contribution in [0.4, 0.5) is 0 Å². The summed E-state index contributed by atoms with van der Waals surface area (Å²) in [6.07, 6.45) is 0. The van der Waals surface area contributed by atoms with E-state index >= 15 is 0 Å². The van der Waals surface area contributed by atoms with Crippen molar-refractivity contribution in [2.45, 2.75) is 36.8 Å². The molecule has 0 heterocycles. The highest BCUT2D eigenvalue weighted by Crippen LogP contribution is 2.14. The lowest BCUT2D eigenvalue weighted by Crippen LogP contribution is -2.37. The van der Waals surface area contributed by atoms with Gasteiger partial charge in [-0.3, -0.25) is 9.69 Å². The molecule has 0 aliphatic rings. The van der Waals surface area contributed by atoms with Crippen LogP contribution in [0.1, 0.15) is 25.0 Å². The third-order valence-electron chi connectivity index (χ3n) is 4.15.